The minimum Gasteiger partial charge on any atom is -0.322 e. The van der Waals surface area contributed by atoms with Gasteiger partial charge in [-0.15, -0.1) is 0 Å². The van der Waals surface area contributed by atoms with Gasteiger partial charge in [-0.05, 0) is 43.3 Å². The summed E-state index contributed by atoms with van der Waals surface area (Å²) in [5, 5.41) is 16.5. The van der Waals surface area contributed by atoms with E-state index >= 15 is 0 Å². The van der Waals surface area contributed by atoms with Gasteiger partial charge in [-0.25, -0.2) is 0 Å². The molecule has 7 heteroatoms. The number of rotatable bonds is 5. The number of nitrogens with zero attached hydrogens (tertiary/aromatic N) is 1. The number of nitro benzene ring substituents is 1. The van der Waals surface area contributed by atoms with Crippen LogP contribution in [-0.2, 0) is 0 Å². The molecule has 0 aliphatic carbocycles. The second-order valence-corrected chi connectivity index (χ2v) is 6.06. The number of hydrogen-bond acceptors (Lipinski definition) is 4. The maximum absolute atomic E-state index is 12.5. The van der Waals surface area contributed by atoms with Gasteiger partial charge in [-0.1, -0.05) is 30.3 Å². The lowest BCUT2D eigenvalue weighted by Crippen LogP contribution is -2.15. The second kappa shape index (κ2) is 8.13. The van der Waals surface area contributed by atoms with Gasteiger partial charge in [0.25, 0.3) is 17.5 Å². The van der Waals surface area contributed by atoms with E-state index in [4.69, 9.17) is 0 Å². The van der Waals surface area contributed by atoms with Gasteiger partial charge in [0, 0.05) is 34.1 Å². The maximum atomic E-state index is 12.5. The van der Waals surface area contributed by atoms with E-state index in [0.717, 1.165) is 0 Å². The van der Waals surface area contributed by atoms with Crippen molar-refractivity contribution in [3.8, 4) is 0 Å². The lowest BCUT2D eigenvalue weighted by molar-refractivity contribution is -0.385. The van der Waals surface area contributed by atoms with E-state index < -0.39 is 10.8 Å². The molecule has 0 unspecified atom stereocenters. The monoisotopic (exact) mass is 375 g/mol. The summed E-state index contributed by atoms with van der Waals surface area (Å²) in [6, 6.07) is 19.8. The summed E-state index contributed by atoms with van der Waals surface area (Å²) >= 11 is 0. The Morgan fingerprint density at radius 1 is 0.821 bits per heavy atom. The first-order valence-corrected chi connectivity index (χ1v) is 8.47. The molecule has 0 heterocycles. The van der Waals surface area contributed by atoms with Crippen LogP contribution in [0, 0.1) is 17.0 Å². The highest BCUT2D eigenvalue weighted by molar-refractivity contribution is 6.07. The first-order valence-electron chi connectivity index (χ1n) is 8.47. The average molecular weight is 375 g/mol. The molecule has 0 saturated heterocycles. The fourth-order valence-corrected chi connectivity index (χ4v) is 2.73. The van der Waals surface area contributed by atoms with Crippen molar-refractivity contribution in [2.75, 3.05) is 10.6 Å². The van der Waals surface area contributed by atoms with Crippen molar-refractivity contribution in [3.63, 3.8) is 0 Å². The first-order chi connectivity index (χ1) is 13.5. The molecule has 0 aromatic heterocycles. The van der Waals surface area contributed by atoms with Crippen LogP contribution in [0.5, 0.6) is 0 Å². The number of anilines is 2. The van der Waals surface area contributed by atoms with Gasteiger partial charge in [-0.2, -0.15) is 0 Å². The SMILES string of the molecule is Cc1c(C(=O)Nc2cccc(NC(=O)c3ccccc3)c2)cccc1[N+](=O)[O-]. The molecular formula is C21H17N3O4. The van der Waals surface area contributed by atoms with Crippen LogP contribution >= 0.6 is 0 Å². The number of carbonyl (C=O) groups excluding carboxylic acids is 2. The molecule has 2 N–H and O–H groups in total. The average Bonchev–Trinajstić information content (AvgIpc) is 2.68. The summed E-state index contributed by atoms with van der Waals surface area (Å²) in [7, 11) is 0. The zero-order valence-corrected chi connectivity index (χ0v) is 15.0. The predicted octanol–water partition coefficient (Wildman–Crippen LogP) is 4.41. The summed E-state index contributed by atoms with van der Waals surface area (Å²) in [5.41, 5.74) is 1.89. The second-order valence-electron chi connectivity index (χ2n) is 6.06. The molecule has 0 aliphatic rings. The van der Waals surface area contributed by atoms with E-state index in [1.54, 1.807) is 48.5 Å². The number of benzene rings is 3. The summed E-state index contributed by atoms with van der Waals surface area (Å²) < 4.78 is 0. The molecule has 7 nitrogen and oxygen atoms in total. The van der Waals surface area contributed by atoms with Crippen LogP contribution in [0.15, 0.2) is 72.8 Å². The van der Waals surface area contributed by atoms with Gasteiger partial charge in [0.2, 0.25) is 0 Å². The number of carbonyl (C=O) groups is 2. The van der Waals surface area contributed by atoms with Crippen LogP contribution in [0.4, 0.5) is 17.1 Å². The molecule has 0 bridgehead atoms. The molecule has 0 fully saturated rings. The molecular weight excluding hydrogens is 358 g/mol. The van der Waals surface area contributed by atoms with Crippen LogP contribution in [0.2, 0.25) is 0 Å². The van der Waals surface area contributed by atoms with Gasteiger partial charge in [-0.3, -0.25) is 19.7 Å². The standard InChI is InChI=1S/C21H17N3O4/c1-14-18(11-6-12-19(14)24(27)28)21(26)23-17-10-5-9-16(13-17)22-20(25)15-7-3-2-4-8-15/h2-13H,1H3,(H,22,25)(H,23,26). The summed E-state index contributed by atoms with van der Waals surface area (Å²) in [5.74, 6) is -0.730. The van der Waals surface area contributed by atoms with E-state index in [2.05, 4.69) is 10.6 Å². The van der Waals surface area contributed by atoms with Crippen LogP contribution in [-0.4, -0.2) is 16.7 Å². The number of hydrogen-bond donors (Lipinski definition) is 2. The minimum atomic E-state index is -0.522. The zero-order chi connectivity index (χ0) is 20.1. The van der Waals surface area contributed by atoms with Crippen molar-refractivity contribution in [2.45, 2.75) is 6.92 Å². The Bertz CT molecular complexity index is 1050. The lowest BCUT2D eigenvalue weighted by atomic mass is 10.1. The Morgan fingerprint density at radius 2 is 1.43 bits per heavy atom. The van der Waals surface area contributed by atoms with E-state index in [0.29, 0.717) is 22.5 Å². The van der Waals surface area contributed by atoms with Crippen molar-refractivity contribution in [1.29, 1.82) is 0 Å². The Hall–Kier alpha value is -4.00. The van der Waals surface area contributed by atoms with Crippen LogP contribution < -0.4 is 10.6 Å². The zero-order valence-electron chi connectivity index (χ0n) is 15.0. The van der Waals surface area contributed by atoms with Gasteiger partial charge in [0.15, 0.2) is 0 Å². The first kappa shape index (κ1) is 18.8. The van der Waals surface area contributed by atoms with Crippen molar-refractivity contribution in [3.05, 3.63) is 99.6 Å². The smallest absolute Gasteiger partial charge is 0.273 e. The highest BCUT2D eigenvalue weighted by atomic mass is 16.6. The van der Waals surface area contributed by atoms with Crippen LogP contribution in [0.25, 0.3) is 0 Å². The Balaban J connectivity index is 1.76. The topological polar surface area (TPSA) is 101 Å². The normalized spacial score (nSPS) is 10.2. The molecule has 0 saturated carbocycles. The number of nitrogens with one attached hydrogen (secondary N) is 2. The fourth-order valence-electron chi connectivity index (χ4n) is 2.73. The molecule has 3 aromatic carbocycles. The summed E-state index contributed by atoms with van der Waals surface area (Å²) in [4.78, 5) is 35.3. The van der Waals surface area contributed by atoms with Crippen molar-refractivity contribution >= 4 is 28.9 Å². The van der Waals surface area contributed by atoms with Gasteiger partial charge < -0.3 is 10.6 Å². The lowest BCUT2D eigenvalue weighted by Gasteiger charge is -2.10. The molecule has 0 radical (unpaired) electrons. The Kier molecular flexibility index (Phi) is 5.45. The highest BCUT2D eigenvalue weighted by Crippen LogP contribution is 2.23. The van der Waals surface area contributed by atoms with Gasteiger partial charge >= 0.3 is 0 Å². The molecule has 0 spiro atoms. The largest absolute Gasteiger partial charge is 0.322 e. The predicted molar refractivity (Wildman–Crippen MR) is 107 cm³/mol. The third kappa shape index (κ3) is 4.21. The Morgan fingerprint density at radius 3 is 2.07 bits per heavy atom. The summed E-state index contributed by atoms with van der Waals surface area (Å²) in [6.07, 6.45) is 0. The van der Waals surface area contributed by atoms with Crippen molar-refractivity contribution in [1.82, 2.24) is 0 Å². The maximum Gasteiger partial charge on any atom is 0.273 e. The molecule has 140 valence electrons. The van der Waals surface area contributed by atoms with Crippen molar-refractivity contribution in [2.24, 2.45) is 0 Å². The van der Waals surface area contributed by atoms with Crippen LogP contribution in [0.1, 0.15) is 26.3 Å². The van der Waals surface area contributed by atoms with Gasteiger partial charge in [0.05, 0.1) is 4.92 Å². The fraction of sp³-hybridized carbons (Fsp3) is 0.0476. The van der Waals surface area contributed by atoms with Crippen molar-refractivity contribution < 1.29 is 14.5 Å². The van der Waals surface area contributed by atoms with E-state index in [1.807, 2.05) is 6.07 Å². The Labute approximate surface area is 161 Å². The quantitative estimate of drug-likeness (QED) is 0.509. The molecule has 28 heavy (non-hydrogen) atoms. The van der Waals surface area contributed by atoms with E-state index in [1.165, 1.54) is 25.1 Å². The third-order valence-corrected chi connectivity index (χ3v) is 4.16. The van der Waals surface area contributed by atoms with E-state index in [-0.39, 0.29) is 17.2 Å². The van der Waals surface area contributed by atoms with Gasteiger partial charge in [0.1, 0.15) is 0 Å². The summed E-state index contributed by atoms with van der Waals surface area (Å²) in [6.45, 7) is 1.53. The molecule has 2 amide bonds. The number of amides is 2. The van der Waals surface area contributed by atoms with E-state index in [9.17, 15) is 19.7 Å². The molecule has 3 rings (SSSR count). The molecule has 0 atom stereocenters. The molecule has 3 aromatic rings. The molecule has 0 aliphatic heterocycles. The minimum absolute atomic E-state index is 0.114. The third-order valence-electron chi connectivity index (χ3n) is 4.16. The highest BCUT2D eigenvalue weighted by Gasteiger charge is 2.18. The van der Waals surface area contributed by atoms with Crippen LogP contribution in [0.3, 0.4) is 0 Å². The number of nitro groups is 1.